The van der Waals surface area contributed by atoms with Crippen LogP contribution in [0.3, 0.4) is 0 Å². The van der Waals surface area contributed by atoms with Crippen molar-refractivity contribution in [3.63, 3.8) is 0 Å². The molecule has 18 heavy (non-hydrogen) atoms. The average Bonchev–Trinajstić information content (AvgIpc) is 2.37. The molecule has 1 heterocycles. The maximum atomic E-state index is 11.2. The molecule has 7 heteroatoms. The molecule has 6 nitrogen and oxygen atoms in total. The van der Waals surface area contributed by atoms with Crippen molar-refractivity contribution >= 4 is 15.7 Å². The van der Waals surface area contributed by atoms with Gasteiger partial charge in [0.2, 0.25) is 10.0 Å². The van der Waals surface area contributed by atoms with Crippen LogP contribution in [0, 0.1) is 0 Å². The second kappa shape index (κ2) is 5.11. The molecule has 94 valence electrons. The Balaban J connectivity index is 2.11. The summed E-state index contributed by atoms with van der Waals surface area (Å²) in [5.41, 5.74) is 1.57. The molecule has 1 aromatic heterocycles. The number of aromatic nitrogens is 2. The van der Waals surface area contributed by atoms with Gasteiger partial charge in [-0.1, -0.05) is 6.07 Å². The molecular weight excluding hydrogens is 252 g/mol. The van der Waals surface area contributed by atoms with Gasteiger partial charge in [-0.3, -0.25) is 0 Å². The van der Waals surface area contributed by atoms with Crippen molar-refractivity contribution in [2.45, 2.75) is 11.4 Å². The van der Waals surface area contributed by atoms with Crippen molar-refractivity contribution in [1.29, 1.82) is 0 Å². The highest BCUT2D eigenvalue weighted by molar-refractivity contribution is 7.89. The zero-order chi connectivity index (χ0) is 13.0. The molecule has 0 unspecified atom stereocenters. The summed E-state index contributed by atoms with van der Waals surface area (Å²) in [6.07, 6.45) is 4.82. The van der Waals surface area contributed by atoms with Gasteiger partial charge in [0.25, 0.3) is 0 Å². The first-order valence-corrected chi connectivity index (χ1v) is 6.71. The summed E-state index contributed by atoms with van der Waals surface area (Å²) in [6, 6.07) is 6.33. The van der Waals surface area contributed by atoms with Gasteiger partial charge in [0, 0.05) is 30.2 Å². The Bertz CT molecular complexity index is 629. The minimum atomic E-state index is -3.67. The van der Waals surface area contributed by atoms with Gasteiger partial charge in [-0.15, -0.1) is 0 Å². The third-order valence-electron chi connectivity index (χ3n) is 2.27. The number of sulfonamides is 1. The Hall–Kier alpha value is -1.99. The second-order valence-electron chi connectivity index (χ2n) is 3.67. The summed E-state index contributed by atoms with van der Waals surface area (Å²) in [5.74, 6) is 0. The Morgan fingerprint density at radius 1 is 1.22 bits per heavy atom. The van der Waals surface area contributed by atoms with Crippen LogP contribution in [0.2, 0.25) is 0 Å². The van der Waals surface area contributed by atoms with E-state index in [-0.39, 0.29) is 4.90 Å². The highest BCUT2D eigenvalue weighted by atomic mass is 32.2. The van der Waals surface area contributed by atoms with Crippen molar-refractivity contribution in [2.24, 2.45) is 5.14 Å². The fourth-order valence-corrected chi connectivity index (χ4v) is 1.97. The number of rotatable bonds is 4. The molecule has 0 spiro atoms. The first-order valence-electron chi connectivity index (χ1n) is 5.16. The first-order chi connectivity index (χ1) is 8.55. The summed E-state index contributed by atoms with van der Waals surface area (Å²) < 4.78 is 22.4. The zero-order valence-electron chi connectivity index (χ0n) is 9.45. The number of nitrogens with zero attached hydrogens (tertiary/aromatic N) is 2. The molecule has 0 fully saturated rings. The maximum Gasteiger partial charge on any atom is 0.238 e. The summed E-state index contributed by atoms with van der Waals surface area (Å²) in [7, 11) is -3.67. The molecule has 1 aromatic carbocycles. The Labute approximate surface area is 105 Å². The molecule has 2 aromatic rings. The molecule has 0 aliphatic carbocycles. The SMILES string of the molecule is NS(=O)(=O)c1cccc(NCc2cncnc2)c1. The molecule has 0 saturated heterocycles. The number of nitrogens with one attached hydrogen (secondary N) is 1. The van der Waals surface area contributed by atoms with Gasteiger partial charge in [0.05, 0.1) is 4.90 Å². The van der Waals surface area contributed by atoms with E-state index in [4.69, 9.17) is 5.14 Å². The van der Waals surface area contributed by atoms with Gasteiger partial charge in [-0.2, -0.15) is 0 Å². The van der Waals surface area contributed by atoms with E-state index in [1.54, 1.807) is 24.5 Å². The molecule has 0 saturated carbocycles. The monoisotopic (exact) mass is 264 g/mol. The molecule has 2 rings (SSSR count). The quantitative estimate of drug-likeness (QED) is 0.848. The number of nitrogens with two attached hydrogens (primary N) is 1. The number of primary sulfonamides is 1. The van der Waals surface area contributed by atoms with Crippen LogP contribution in [-0.4, -0.2) is 18.4 Å². The van der Waals surface area contributed by atoms with E-state index in [9.17, 15) is 8.42 Å². The van der Waals surface area contributed by atoms with E-state index in [0.29, 0.717) is 12.2 Å². The predicted octanol–water partition coefficient (Wildman–Crippen LogP) is 0.736. The van der Waals surface area contributed by atoms with Gasteiger partial charge in [-0.05, 0) is 18.2 Å². The van der Waals surface area contributed by atoms with E-state index in [2.05, 4.69) is 15.3 Å². The Morgan fingerprint density at radius 3 is 2.61 bits per heavy atom. The van der Waals surface area contributed by atoms with Crippen molar-refractivity contribution < 1.29 is 8.42 Å². The summed E-state index contributed by atoms with van der Waals surface area (Å²) in [5, 5.41) is 8.13. The summed E-state index contributed by atoms with van der Waals surface area (Å²) in [4.78, 5) is 7.85. The van der Waals surface area contributed by atoms with Crippen LogP contribution in [0.1, 0.15) is 5.56 Å². The van der Waals surface area contributed by atoms with Crippen molar-refractivity contribution in [2.75, 3.05) is 5.32 Å². The minimum absolute atomic E-state index is 0.0804. The van der Waals surface area contributed by atoms with Crippen molar-refractivity contribution in [1.82, 2.24) is 9.97 Å². The van der Waals surface area contributed by atoms with Crippen LogP contribution in [0.4, 0.5) is 5.69 Å². The zero-order valence-corrected chi connectivity index (χ0v) is 10.3. The van der Waals surface area contributed by atoms with Gasteiger partial charge in [-0.25, -0.2) is 23.5 Å². The lowest BCUT2D eigenvalue weighted by molar-refractivity contribution is 0.598. The standard InChI is InChI=1S/C11H12N4O2S/c12-18(16,17)11-3-1-2-10(4-11)15-7-9-5-13-8-14-6-9/h1-6,8,15H,7H2,(H2,12,16,17). The fraction of sp³-hybridized carbons (Fsp3) is 0.0909. The molecule has 0 bridgehead atoms. The number of hydrogen-bond donors (Lipinski definition) is 2. The van der Waals surface area contributed by atoms with Gasteiger partial charge in [0.15, 0.2) is 0 Å². The first kappa shape index (κ1) is 12.5. The molecule has 0 aliphatic heterocycles. The van der Waals surface area contributed by atoms with E-state index in [0.717, 1.165) is 5.56 Å². The molecule has 0 aliphatic rings. The van der Waals surface area contributed by atoms with Crippen LogP contribution in [0.5, 0.6) is 0 Å². The predicted molar refractivity (Wildman–Crippen MR) is 67.2 cm³/mol. The molecule has 0 atom stereocenters. The number of hydrogen-bond acceptors (Lipinski definition) is 5. The van der Waals surface area contributed by atoms with Gasteiger partial charge < -0.3 is 5.32 Å². The maximum absolute atomic E-state index is 11.2. The highest BCUT2D eigenvalue weighted by Crippen LogP contribution is 2.14. The van der Waals surface area contributed by atoms with Crippen LogP contribution < -0.4 is 10.5 Å². The van der Waals surface area contributed by atoms with Gasteiger partial charge in [0.1, 0.15) is 6.33 Å². The topological polar surface area (TPSA) is 98.0 Å². The molecular formula is C11H12N4O2S. The normalized spacial score (nSPS) is 11.2. The lowest BCUT2D eigenvalue weighted by Crippen LogP contribution is -2.12. The van der Waals surface area contributed by atoms with E-state index >= 15 is 0 Å². The Morgan fingerprint density at radius 2 is 1.94 bits per heavy atom. The summed E-state index contributed by atoms with van der Waals surface area (Å²) >= 11 is 0. The van der Waals surface area contributed by atoms with E-state index in [1.165, 1.54) is 18.5 Å². The van der Waals surface area contributed by atoms with Crippen molar-refractivity contribution in [3.8, 4) is 0 Å². The van der Waals surface area contributed by atoms with E-state index < -0.39 is 10.0 Å². The lowest BCUT2D eigenvalue weighted by atomic mass is 10.3. The minimum Gasteiger partial charge on any atom is -0.381 e. The van der Waals surface area contributed by atoms with E-state index in [1.807, 2.05) is 0 Å². The van der Waals surface area contributed by atoms with Crippen LogP contribution in [0.15, 0.2) is 47.9 Å². The van der Waals surface area contributed by atoms with Crippen LogP contribution in [-0.2, 0) is 16.6 Å². The molecule has 0 radical (unpaired) electrons. The van der Waals surface area contributed by atoms with Gasteiger partial charge >= 0.3 is 0 Å². The van der Waals surface area contributed by atoms with Crippen LogP contribution >= 0.6 is 0 Å². The smallest absolute Gasteiger partial charge is 0.238 e. The summed E-state index contributed by atoms with van der Waals surface area (Å²) in [6.45, 7) is 0.509. The fourth-order valence-electron chi connectivity index (χ4n) is 1.41. The lowest BCUT2D eigenvalue weighted by Gasteiger charge is -2.07. The third kappa shape index (κ3) is 3.25. The number of benzene rings is 1. The van der Waals surface area contributed by atoms with Crippen LogP contribution in [0.25, 0.3) is 0 Å². The molecule has 0 amide bonds. The Kier molecular flexibility index (Phi) is 3.54. The largest absolute Gasteiger partial charge is 0.381 e. The molecule has 3 N–H and O–H groups in total. The number of anilines is 1. The second-order valence-corrected chi connectivity index (χ2v) is 5.23. The van der Waals surface area contributed by atoms with Crippen molar-refractivity contribution in [3.05, 3.63) is 48.5 Å². The average molecular weight is 264 g/mol. The third-order valence-corrected chi connectivity index (χ3v) is 3.18. The highest BCUT2D eigenvalue weighted by Gasteiger charge is 2.07.